The first-order valence-corrected chi connectivity index (χ1v) is 6.95. The third-order valence-electron chi connectivity index (χ3n) is 2.60. The highest BCUT2D eigenvalue weighted by Crippen LogP contribution is 2.19. The molecule has 1 atom stereocenters. The molecule has 19 heavy (non-hydrogen) atoms. The summed E-state index contributed by atoms with van der Waals surface area (Å²) in [5.41, 5.74) is 0.553. The summed E-state index contributed by atoms with van der Waals surface area (Å²) < 4.78 is 6.58. The molecule has 0 N–H and O–H groups in total. The summed E-state index contributed by atoms with van der Waals surface area (Å²) in [6.07, 6.45) is -0.556. The smallest absolute Gasteiger partial charge is 0.203 e. The van der Waals surface area contributed by atoms with E-state index in [1.807, 2.05) is 24.3 Å². The third-order valence-corrected chi connectivity index (χ3v) is 3.37. The minimum atomic E-state index is -0.556. The second-order valence-electron chi connectivity index (χ2n) is 4.09. The van der Waals surface area contributed by atoms with Gasteiger partial charge in [-0.05, 0) is 43.3 Å². The van der Waals surface area contributed by atoms with Crippen molar-refractivity contribution in [3.05, 3.63) is 63.6 Å². The van der Waals surface area contributed by atoms with Crippen molar-refractivity contribution in [1.82, 2.24) is 0 Å². The number of carbonyl (C=O) groups is 1. The van der Waals surface area contributed by atoms with Gasteiger partial charge in [0.15, 0.2) is 6.10 Å². The molecule has 2 rings (SSSR count). The van der Waals surface area contributed by atoms with Crippen LogP contribution in [-0.4, -0.2) is 11.9 Å². The zero-order chi connectivity index (χ0) is 13.8. The molecule has 0 aliphatic carbocycles. The summed E-state index contributed by atoms with van der Waals surface area (Å²) in [6.45, 7) is 1.73. The van der Waals surface area contributed by atoms with Gasteiger partial charge < -0.3 is 4.74 Å². The summed E-state index contributed by atoms with van der Waals surface area (Å²) in [7, 11) is 0. The molecule has 0 amide bonds. The maximum Gasteiger partial charge on any atom is 0.203 e. The van der Waals surface area contributed by atoms with Gasteiger partial charge in [-0.3, -0.25) is 4.79 Å². The average Bonchev–Trinajstić information content (AvgIpc) is 2.40. The van der Waals surface area contributed by atoms with Crippen LogP contribution in [0.2, 0.25) is 5.02 Å². The molecule has 0 aromatic heterocycles. The first-order chi connectivity index (χ1) is 9.06. The predicted molar refractivity (Wildman–Crippen MR) is 80.0 cm³/mol. The Morgan fingerprint density at radius 1 is 1.21 bits per heavy atom. The predicted octanol–water partition coefficient (Wildman–Crippen LogP) is 4.75. The van der Waals surface area contributed by atoms with E-state index in [0.29, 0.717) is 16.3 Å². The number of Topliss-reactive ketones (excluding diaryl/α,β-unsaturated/α-hetero) is 1. The number of hydrogen-bond acceptors (Lipinski definition) is 2. The van der Waals surface area contributed by atoms with Gasteiger partial charge in [-0.2, -0.15) is 0 Å². The van der Waals surface area contributed by atoms with E-state index in [0.717, 1.165) is 4.47 Å². The minimum Gasteiger partial charge on any atom is -0.483 e. The lowest BCUT2D eigenvalue weighted by Crippen LogP contribution is -2.23. The van der Waals surface area contributed by atoms with Crippen molar-refractivity contribution in [2.45, 2.75) is 13.0 Å². The Kier molecular flexibility index (Phi) is 4.61. The van der Waals surface area contributed by atoms with Crippen molar-refractivity contribution in [2.24, 2.45) is 0 Å². The molecular weight excluding hydrogens is 328 g/mol. The van der Waals surface area contributed by atoms with Gasteiger partial charge in [-0.15, -0.1) is 0 Å². The summed E-state index contributed by atoms with van der Waals surface area (Å²) in [6, 6.07) is 14.2. The standard InChI is InChI=1S/C15H12BrClO2/c1-10(19-14-7-5-12(16)6-8-14)15(18)11-3-2-4-13(17)9-11/h2-10H,1H3/t10-/m0/s1. The van der Waals surface area contributed by atoms with Crippen molar-refractivity contribution < 1.29 is 9.53 Å². The molecule has 2 aromatic rings. The van der Waals surface area contributed by atoms with Crippen LogP contribution in [-0.2, 0) is 0 Å². The molecule has 0 aliphatic heterocycles. The first-order valence-electron chi connectivity index (χ1n) is 5.78. The van der Waals surface area contributed by atoms with Crippen molar-refractivity contribution in [3.8, 4) is 5.75 Å². The lowest BCUT2D eigenvalue weighted by atomic mass is 10.1. The number of benzene rings is 2. The maximum absolute atomic E-state index is 12.2. The minimum absolute atomic E-state index is 0.0922. The Balaban J connectivity index is 2.09. The fraction of sp³-hybridized carbons (Fsp3) is 0.133. The van der Waals surface area contributed by atoms with Gasteiger partial charge >= 0.3 is 0 Å². The average molecular weight is 340 g/mol. The largest absolute Gasteiger partial charge is 0.483 e. The van der Waals surface area contributed by atoms with Crippen LogP contribution in [0.5, 0.6) is 5.75 Å². The van der Waals surface area contributed by atoms with Gasteiger partial charge in [-0.1, -0.05) is 39.7 Å². The van der Waals surface area contributed by atoms with Crippen LogP contribution < -0.4 is 4.74 Å². The third kappa shape index (κ3) is 3.82. The Hall–Kier alpha value is -1.32. The molecule has 2 aromatic carbocycles. The Labute approximate surface area is 125 Å². The van der Waals surface area contributed by atoms with E-state index in [-0.39, 0.29) is 5.78 Å². The molecule has 0 radical (unpaired) electrons. The van der Waals surface area contributed by atoms with Crippen LogP contribution in [0.25, 0.3) is 0 Å². The number of carbonyl (C=O) groups excluding carboxylic acids is 1. The zero-order valence-corrected chi connectivity index (χ0v) is 12.6. The van der Waals surface area contributed by atoms with E-state index < -0.39 is 6.10 Å². The van der Waals surface area contributed by atoms with Crippen molar-refractivity contribution in [1.29, 1.82) is 0 Å². The van der Waals surface area contributed by atoms with Gasteiger partial charge in [0, 0.05) is 15.1 Å². The van der Waals surface area contributed by atoms with Gasteiger partial charge in [0.05, 0.1) is 0 Å². The maximum atomic E-state index is 12.2. The SMILES string of the molecule is C[C@H](Oc1ccc(Br)cc1)C(=O)c1cccc(Cl)c1. The highest BCUT2D eigenvalue weighted by atomic mass is 79.9. The second-order valence-corrected chi connectivity index (χ2v) is 5.44. The van der Waals surface area contributed by atoms with Crippen LogP contribution in [0, 0.1) is 0 Å². The van der Waals surface area contributed by atoms with Crippen molar-refractivity contribution in [2.75, 3.05) is 0 Å². The van der Waals surface area contributed by atoms with Crippen LogP contribution in [0.1, 0.15) is 17.3 Å². The normalized spacial score (nSPS) is 11.9. The van der Waals surface area contributed by atoms with Gasteiger partial charge in [0.1, 0.15) is 5.75 Å². The van der Waals surface area contributed by atoms with E-state index in [9.17, 15) is 4.79 Å². The fourth-order valence-corrected chi connectivity index (χ4v) is 2.10. The Morgan fingerprint density at radius 3 is 2.53 bits per heavy atom. The number of rotatable bonds is 4. The fourth-order valence-electron chi connectivity index (χ4n) is 1.65. The molecule has 0 spiro atoms. The van der Waals surface area contributed by atoms with Gasteiger partial charge in [-0.25, -0.2) is 0 Å². The van der Waals surface area contributed by atoms with E-state index in [1.165, 1.54) is 0 Å². The highest BCUT2D eigenvalue weighted by molar-refractivity contribution is 9.10. The quantitative estimate of drug-likeness (QED) is 0.751. The number of ketones is 1. The zero-order valence-electron chi connectivity index (χ0n) is 10.3. The molecule has 0 fully saturated rings. The van der Waals surface area contributed by atoms with Gasteiger partial charge in [0.25, 0.3) is 0 Å². The van der Waals surface area contributed by atoms with Crippen molar-refractivity contribution in [3.63, 3.8) is 0 Å². The molecule has 4 heteroatoms. The lowest BCUT2D eigenvalue weighted by Gasteiger charge is -2.13. The molecule has 0 saturated heterocycles. The molecule has 98 valence electrons. The summed E-state index contributed by atoms with van der Waals surface area (Å²) in [5, 5.41) is 0.543. The second kappa shape index (κ2) is 6.22. The number of hydrogen-bond donors (Lipinski definition) is 0. The molecule has 0 bridgehead atoms. The van der Waals surface area contributed by atoms with E-state index in [4.69, 9.17) is 16.3 Å². The molecule has 0 heterocycles. The number of halogens is 2. The first kappa shape index (κ1) is 14.1. The van der Waals surface area contributed by atoms with Crippen LogP contribution in [0.3, 0.4) is 0 Å². The molecule has 0 saturated carbocycles. The topological polar surface area (TPSA) is 26.3 Å². The lowest BCUT2D eigenvalue weighted by molar-refractivity contribution is 0.0818. The Morgan fingerprint density at radius 2 is 1.89 bits per heavy atom. The van der Waals surface area contributed by atoms with Crippen LogP contribution >= 0.6 is 27.5 Å². The van der Waals surface area contributed by atoms with E-state index >= 15 is 0 Å². The molecule has 0 aliphatic rings. The van der Waals surface area contributed by atoms with E-state index in [1.54, 1.807) is 31.2 Å². The monoisotopic (exact) mass is 338 g/mol. The summed E-state index contributed by atoms with van der Waals surface area (Å²) in [5.74, 6) is 0.566. The molecule has 2 nitrogen and oxygen atoms in total. The summed E-state index contributed by atoms with van der Waals surface area (Å²) in [4.78, 5) is 12.2. The molecule has 0 unspecified atom stereocenters. The summed E-state index contributed by atoms with van der Waals surface area (Å²) >= 11 is 9.22. The Bertz CT molecular complexity index is 581. The van der Waals surface area contributed by atoms with E-state index in [2.05, 4.69) is 15.9 Å². The highest BCUT2D eigenvalue weighted by Gasteiger charge is 2.17. The van der Waals surface area contributed by atoms with Gasteiger partial charge in [0.2, 0.25) is 5.78 Å². The van der Waals surface area contributed by atoms with Crippen LogP contribution in [0.15, 0.2) is 53.0 Å². The number of ether oxygens (including phenoxy) is 1. The van der Waals surface area contributed by atoms with Crippen LogP contribution in [0.4, 0.5) is 0 Å². The van der Waals surface area contributed by atoms with Crippen molar-refractivity contribution >= 4 is 33.3 Å². The molecular formula is C15H12BrClO2.